The SMILES string of the molecule is CCn1ccc(CN(C)[C@@H](C)c2nc(C)sc2C)n1. The van der Waals surface area contributed by atoms with Gasteiger partial charge in [-0.2, -0.15) is 5.10 Å². The molecule has 19 heavy (non-hydrogen) atoms. The third-order valence-corrected chi connectivity index (χ3v) is 4.33. The molecule has 0 aliphatic rings. The minimum Gasteiger partial charge on any atom is -0.292 e. The molecule has 2 aromatic heterocycles. The molecular weight excluding hydrogens is 256 g/mol. The number of nitrogens with zero attached hydrogens (tertiary/aromatic N) is 4. The van der Waals surface area contributed by atoms with Gasteiger partial charge in [-0.15, -0.1) is 11.3 Å². The summed E-state index contributed by atoms with van der Waals surface area (Å²) in [6.45, 7) is 10.3. The molecule has 0 aliphatic carbocycles. The van der Waals surface area contributed by atoms with Gasteiger partial charge in [0.15, 0.2) is 0 Å². The van der Waals surface area contributed by atoms with Crippen LogP contribution in [0.3, 0.4) is 0 Å². The second-order valence-corrected chi connectivity index (χ2v) is 6.34. The van der Waals surface area contributed by atoms with Crippen LogP contribution in [0.25, 0.3) is 0 Å². The van der Waals surface area contributed by atoms with E-state index in [1.54, 1.807) is 11.3 Å². The second kappa shape index (κ2) is 5.84. The first-order chi connectivity index (χ1) is 9.01. The number of aromatic nitrogens is 3. The number of rotatable bonds is 5. The highest BCUT2D eigenvalue weighted by atomic mass is 32.1. The van der Waals surface area contributed by atoms with Gasteiger partial charge in [0.1, 0.15) is 0 Å². The lowest BCUT2D eigenvalue weighted by Gasteiger charge is -2.23. The summed E-state index contributed by atoms with van der Waals surface area (Å²) in [7, 11) is 2.13. The van der Waals surface area contributed by atoms with Crippen LogP contribution in [-0.4, -0.2) is 26.7 Å². The lowest BCUT2D eigenvalue weighted by atomic mass is 10.2. The fourth-order valence-corrected chi connectivity index (χ4v) is 3.11. The van der Waals surface area contributed by atoms with Crippen molar-refractivity contribution in [2.75, 3.05) is 7.05 Å². The summed E-state index contributed by atoms with van der Waals surface area (Å²) in [4.78, 5) is 8.26. The smallest absolute Gasteiger partial charge is 0.0900 e. The predicted molar refractivity (Wildman–Crippen MR) is 79.4 cm³/mol. The van der Waals surface area contributed by atoms with Crippen LogP contribution in [0, 0.1) is 13.8 Å². The average Bonchev–Trinajstić information content (AvgIpc) is 2.94. The zero-order valence-electron chi connectivity index (χ0n) is 12.3. The number of hydrogen-bond acceptors (Lipinski definition) is 4. The molecule has 0 aliphatic heterocycles. The maximum Gasteiger partial charge on any atom is 0.0900 e. The molecule has 0 aromatic carbocycles. The molecule has 0 N–H and O–H groups in total. The molecule has 0 fully saturated rings. The normalized spacial score (nSPS) is 13.2. The molecule has 0 bridgehead atoms. The predicted octanol–water partition coefficient (Wildman–Crippen LogP) is 3.17. The Morgan fingerprint density at radius 2 is 2.16 bits per heavy atom. The first-order valence-corrected chi connectivity index (χ1v) is 7.49. The van der Waals surface area contributed by atoms with Crippen LogP contribution < -0.4 is 0 Å². The van der Waals surface area contributed by atoms with Crippen LogP contribution >= 0.6 is 11.3 Å². The summed E-state index contributed by atoms with van der Waals surface area (Å²) in [5, 5.41) is 5.67. The standard InChI is InChI=1S/C14H22N4S/c1-6-18-8-7-13(16-18)9-17(5)10(2)14-11(3)19-12(4)15-14/h7-8,10H,6,9H2,1-5H3/t10-/m0/s1. The van der Waals surface area contributed by atoms with E-state index in [1.165, 1.54) is 10.6 Å². The molecule has 5 heteroatoms. The van der Waals surface area contributed by atoms with E-state index in [1.807, 2.05) is 10.9 Å². The Labute approximate surface area is 119 Å². The minimum absolute atomic E-state index is 0.316. The van der Waals surface area contributed by atoms with Gasteiger partial charge in [0.25, 0.3) is 0 Å². The van der Waals surface area contributed by atoms with Crippen LogP contribution in [0.2, 0.25) is 0 Å². The molecule has 1 atom stereocenters. The quantitative estimate of drug-likeness (QED) is 0.842. The van der Waals surface area contributed by atoms with Crippen LogP contribution in [0.4, 0.5) is 0 Å². The van der Waals surface area contributed by atoms with Crippen molar-refractivity contribution < 1.29 is 0 Å². The van der Waals surface area contributed by atoms with E-state index in [0.29, 0.717) is 6.04 Å². The zero-order valence-corrected chi connectivity index (χ0v) is 13.2. The van der Waals surface area contributed by atoms with E-state index in [9.17, 15) is 0 Å². The van der Waals surface area contributed by atoms with Gasteiger partial charge < -0.3 is 0 Å². The van der Waals surface area contributed by atoms with Crippen LogP contribution in [0.5, 0.6) is 0 Å². The van der Waals surface area contributed by atoms with E-state index in [2.05, 4.69) is 55.8 Å². The van der Waals surface area contributed by atoms with Crippen molar-refractivity contribution in [3.05, 3.63) is 33.5 Å². The topological polar surface area (TPSA) is 34.0 Å². The first kappa shape index (κ1) is 14.2. The number of aryl methyl sites for hydroxylation is 3. The van der Waals surface area contributed by atoms with Crippen molar-refractivity contribution in [1.82, 2.24) is 19.7 Å². The third kappa shape index (κ3) is 3.22. The summed E-state index contributed by atoms with van der Waals surface area (Å²) >= 11 is 1.77. The molecule has 104 valence electrons. The Hall–Kier alpha value is -1.20. The van der Waals surface area contributed by atoms with Crippen molar-refractivity contribution in [2.24, 2.45) is 0 Å². The van der Waals surface area contributed by atoms with Crippen molar-refractivity contribution in [2.45, 2.75) is 46.8 Å². The van der Waals surface area contributed by atoms with E-state index < -0.39 is 0 Å². The minimum atomic E-state index is 0.316. The Balaban J connectivity index is 2.06. The largest absolute Gasteiger partial charge is 0.292 e. The fourth-order valence-electron chi connectivity index (χ4n) is 2.20. The van der Waals surface area contributed by atoms with E-state index in [0.717, 1.165) is 23.8 Å². The molecule has 0 radical (unpaired) electrons. The third-order valence-electron chi connectivity index (χ3n) is 3.43. The molecule has 2 aromatic rings. The highest BCUT2D eigenvalue weighted by Crippen LogP contribution is 2.26. The van der Waals surface area contributed by atoms with Crippen molar-refractivity contribution in [3.63, 3.8) is 0 Å². The zero-order chi connectivity index (χ0) is 14.0. The molecule has 2 heterocycles. The number of hydrogen-bond donors (Lipinski definition) is 0. The summed E-state index contributed by atoms with van der Waals surface area (Å²) < 4.78 is 1.96. The fraction of sp³-hybridized carbons (Fsp3) is 0.571. The second-order valence-electron chi connectivity index (χ2n) is 4.93. The highest BCUT2D eigenvalue weighted by Gasteiger charge is 2.18. The number of thiazole rings is 1. The van der Waals surface area contributed by atoms with Crippen molar-refractivity contribution >= 4 is 11.3 Å². The molecule has 0 amide bonds. The molecule has 0 unspecified atom stereocenters. The van der Waals surface area contributed by atoms with Gasteiger partial charge in [0.2, 0.25) is 0 Å². The van der Waals surface area contributed by atoms with E-state index in [4.69, 9.17) is 0 Å². The molecule has 2 rings (SSSR count). The monoisotopic (exact) mass is 278 g/mol. The summed E-state index contributed by atoms with van der Waals surface area (Å²) in [6, 6.07) is 2.41. The van der Waals surface area contributed by atoms with Gasteiger partial charge in [-0.1, -0.05) is 0 Å². The summed E-state index contributed by atoms with van der Waals surface area (Å²) in [5.41, 5.74) is 2.31. The molecule has 0 saturated heterocycles. The van der Waals surface area contributed by atoms with Gasteiger partial charge in [-0.05, 0) is 40.8 Å². The summed E-state index contributed by atoms with van der Waals surface area (Å²) in [6.07, 6.45) is 2.03. The van der Waals surface area contributed by atoms with Crippen LogP contribution in [0.15, 0.2) is 12.3 Å². The highest BCUT2D eigenvalue weighted by molar-refractivity contribution is 7.11. The van der Waals surface area contributed by atoms with Crippen LogP contribution in [-0.2, 0) is 13.1 Å². The first-order valence-electron chi connectivity index (χ1n) is 6.67. The maximum atomic E-state index is 4.65. The van der Waals surface area contributed by atoms with Gasteiger partial charge in [-0.3, -0.25) is 9.58 Å². The Morgan fingerprint density at radius 1 is 1.42 bits per heavy atom. The average molecular weight is 278 g/mol. The van der Waals surface area contributed by atoms with Crippen LogP contribution in [0.1, 0.15) is 41.2 Å². The summed E-state index contributed by atoms with van der Waals surface area (Å²) in [5.74, 6) is 0. The van der Waals surface area contributed by atoms with Gasteiger partial charge in [0.05, 0.1) is 22.4 Å². The Kier molecular flexibility index (Phi) is 4.37. The maximum absolute atomic E-state index is 4.65. The lowest BCUT2D eigenvalue weighted by molar-refractivity contribution is 0.245. The van der Waals surface area contributed by atoms with Gasteiger partial charge in [0, 0.05) is 24.2 Å². The van der Waals surface area contributed by atoms with Gasteiger partial charge in [-0.25, -0.2) is 4.98 Å². The molecular formula is C14H22N4S. The van der Waals surface area contributed by atoms with Crippen molar-refractivity contribution in [1.29, 1.82) is 0 Å². The Morgan fingerprint density at radius 3 is 2.68 bits per heavy atom. The molecule has 0 spiro atoms. The van der Waals surface area contributed by atoms with Crippen molar-refractivity contribution in [3.8, 4) is 0 Å². The Bertz CT molecular complexity index is 543. The lowest BCUT2D eigenvalue weighted by Crippen LogP contribution is -2.23. The molecule has 4 nitrogen and oxygen atoms in total. The van der Waals surface area contributed by atoms with E-state index >= 15 is 0 Å². The van der Waals surface area contributed by atoms with Gasteiger partial charge >= 0.3 is 0 Å². The van der Waals surface area contributed by atoms with E-state index in [-0.39, 0.29) is 0 Å². The molecule has 0 saturated carbocycles.